The summed E-state index contributed by atoms with van der Waals surface area (Å²) < 4.78 is 0. The lowest BCUT2D eigenvalue weighted by Crippen LogP contribution is -2.48. The maximum atomic E-state index is 13.0. The molecule has 0 bridgehead atoms. The van der Waals surface area contributed by atoms with Crippen LogP contribution in [0.25, 0.3) is 0 Å². The first-order valence-electron chi connectivity index (χ1n) is 8.66. The first kappa shape index (κ1) is 18.7. The Morgan fingerprint density at radius 1 is 1.04 bits per heavy atom. The Labute approximate surface area is 149 Å². The number of amides is 2. The van der Waals surface area contributed by atoms with Crippen LogP contribution in [0.4, 0.5) is 0 Å². The normalized spacial score (nSPS) is 11.6. The molecular formula is C21H26N2O2. The van der Waals surface area contributed by atoms with Gasteiger partial charge >= 0.3 is 0 Å². The number of nitrogens with zero attached hydrogens (tertiary/aromatic N) is 1. The van der Waals surface area contributed by atoms with E-state index in [1.165, 1.54) is 0 Å². The third-order valence-corrected chi connectivity index (χ3v) is 4.43. The Hall–Kier alpha value is -2.62. The van der Waals surface area contributed by atoms with Gasteiger partial charge in [-0.15, -0.1) is 0 Å². The molecule has 132 valence electrons. The highest BCUT2D eigenvalue weighted by Gasteiger charge is 2.28. The second-order valence-electron chi connectivity index (χ2n) is 6.15. The number of carbonyl (C=O) groups is 2. The van der Waals surface area contributed by atoms with E-state index in [-0.39, 0.29) is 11.8 Å². The quantitative estimate of drug-likeness (QED) is 0.843. The van der Waals surface area contributed by atoms with Crippen LogP contribution in [-0.2, 0) is 22.6 Å². The topological polar surface area (TPSA) is 49.4 Å². The van der Waals surface area contributed by atoms with E-state index < -0.39 is 6.04 Å². The van der Waals surface area contributed by atoms with Gasteiger partial charge in [0.05, 0.1) is 6.42 Å². The van der Waals surface area contributed by atoms with E-state index in [9.17, 15) is 9.59 Å². The summed E-state index contributed by atoms with van der Waals surface area (Å²) in [4.78, 5) is 27.0. The number of rotatable bonds is 7. The number of hydrogen-bond acceptors (Lipinski definition) is 2. The highest BCUT2D eigenvalue weighted by atomic mass is 16.2. The second kappa shape index (κ2) is 9.02. The van der Waals surface area contributed by atoms with Crippen molar-refractivity contribution in [1.82, 2.24) is 10.2 Å². The molecule has 2 aromatic carbocycles. The summed E-state index contributed by atoms with van der Waals surface area (Å²) in [5, 5.41) is 2.68. The average molecular weight is 338 g/mol. The molecular weight excluding hydrogens is 312 g/mol. The van der Waals surface area contributed by atoms with E-state index in [1.54, 1.807) is 11.9 Å². The summed E-state index contributed by atoms with van der Waals surface area (Å²) in [7, 11) is 1.61. The van der Waals surface area contributed by atoms with Crippen LogP contribution < -0.4 is 5.32 Å². The van der Waals surface area contributed by atoms with Gasteiger partial charge in [0.15, 0.2) is 0 Å². The van der Waals surface area contributed by atoms with Gasteiger partial charge in [-0.1, -0.05) is 61.5 Å². The third-order valence-electron chi connectivity index (χ3n) is 4.43. The predicted molar refractivity (Wildman–Crippen MR) is 100 cm³/mol. The zero-order valence-corrected chi connectivity index (χ0v) is 15.2. The smallest absolute Gasteiger partial charge is 0.242 e. The van der Waals surface area contributed by atoms with Crippen LogP contribution in [0.3, 0.4) is 0 Å². The van der Waals surface area contributed by atoms with Crippen molar-refractivity contribution >= 4 is 11.8 Å². The molecule has 0 aliphatic heterocycles. The van der Waals surface area contributed by atoms with Crippen molar-refractivity contribution in [3.05, 3.63) is 71.3 Å². The standard InChI is InChI=1S/C21H26N2O2/c1-4-19(21(25)22-3)23(15-18-13-9-8-10-16(18)2)20(24)14-17-11-6-5-7-12-17/h5-13,19H,4,14-15H2,1-3H3,(H,22,25). The number of likely N-dealkylation sites (N-methyl/N-ethyl adjacent to an activating group) is 1. The van der Waals surface area contributed by atoms with E-state index >= 15 is 0 Å². The zero-order valence-electron chi connectivity index (χ0n) is 15.2. The van der Waals surface area contributed by atoms with Crippen molar-refractivity contribution in [2.24, 2.45) is 0 Å². The van der Waals surface area contributed by atoms with Crippen LogP contribution in [0.2, 0.25) is 0 Å². The van der Waals surface area contributed by atoms with Gasteiger partial charge in [0.2, 0.25) is 11.8 Å². The fourth-order valence-electron chi connectivity index (χ4n) is 2.93. The molecule has 0 saturated carbocycles. The second-order valence-corrected chi connectivity index (χ2v) is 6.15. The zero-order chi connectivity index (χ0) is 18.2. The molecule has 0 spiro atoms. The van der Waals surface area contributed by atoms with E-state index in [0.717, 1.165) is 16.7 Å². The van der Waals surface area contributed by atoms with Crippen molar-refractivity contribution in [3.8, 4) is 0 Å². The molecule has 0 saturated heterocycles. The average Bonchev–Trinajstić information content (AvgIpc) is 2.63. The summed E-state index contributed by atoms with van der Waals surface area (Å²) in [6, 6.07) is 17.1. The van der Waals surface area contributed by atoms with Crippen LogP contribution in [0.5, 0.6) is 0 Å². The van der Waals surface area contributed by atoms with Crippen LogP contribution in [0, 0.1) is 6.92 Å². The monoisotopic (exact) mass is 338 g/mol. The SMILES string of the molecule is CCC(C(=O)NC)N(Cc1ccccc1C)C(=O)Cc1ccccc1. The van der Waals surface area contributed by atoms with E-state index in [0.29, 0.717) is 19.4 Å². The Kier molecular flexibility index (Phi) is 6.75. The Morgan fingerprint density at radius 2 is 1.68 bits per heavy atom. The molecule has 2 rings (SSSR count). The molecule has 0 radical (unpaired) electrons. The van der Waals surface area contributed by atoms with Gasteiger partial charge in [0, 0.05) is 13.6 Å². The summed E-state index contributed by atoms with van der Waals surface area (Å²) in [5.74, 6) is -0.164. The maximum Gasteiger partial charge on any atom is 0.242 e. The fourth-order valence-corrected chi connectivity index (χ4v) is 2.93. The van der Waals surface area contributed by atoms with Crippen LogP contribution in [0.15, 0.2) is 54.6 Å². The lowest BCUT2D eigenvalue weighted by molar-refractivity contribution is -0.140. The molecule has 4 nitrogen and oxygen atoms in total. The highest BCUT2D eigenvalue weighted by Crippen LogP contribution is 2.17. The molecule has 1 N–H and O–H groups in total. The Bertz CT molecular complexity index is 713. The number of nitrogens with one attached hydrogen (secondary N) is 1. The van der Waals surface area contributed by atoms with Crippen molar-refractivity contribution < 1.29 is 9.59 Å². The molecule has 0 aliphatic rings. The minimum absolute atomic E-state index is 0.0371. The molecule has 1 unspecified atom stereocenters. The van der Waals surface area contributed by atoms with Gasteiger partial charge in [0.25, 0.3) is 0 Å². The summed E-state index contributed by atoms with van der Waals surface area (Å²) in [6.45, 7) is 4.39. The first-order chi connectivity index (χ1) is 12.1. The van der Waals surface area contributed by atoms with Crippen molar-refractivity contribution in [1.29, 1.82) is 0 Å². The summed E-state index contributed by atoms with van der Waals surface area (Å²) in [5.41, 5.74) is 3.13. The van der Waals surface area contributed by atoms with Gasteiger partial charge in [-0.2, -0.15) is 0 Å². The highest BCUT2D eigenvalue weighted by molar-refractivity contribution is 5.88. The first-order valence-corrected chi connectivity index (χ1v) is 8.66. The summed E-state index contributed by atoms with van der Waals surface area (Å²) in [6.07, 6.45) is 0.867. The number of benzene rings is 2. The third kappa shape index (κ3) is 4.92. The van der Waals surface area contributed by atoms with E-state index in [1.807, 2.05) is 68.4 Å². The predicted octanol–water partition coefficient (Wildman–Crippen LogP) is 3.09. The van der Waals surface area contributed by atoms with Gasteiger partial charge in [-0.25, -0.2) is 0 Å². The molecule has 2 aromatic rings. The molecule has 0 aliphatic carbocycles. The minimum atomic E-state index is -0.471. The molecule has 0 aromatic heterocycles. The number of aryl methyl sites for hydroxylation is 1. The minimum Gasteiger partial charge on any atom is -0.357 e. The van der Waals surface area contributed by atoms with Crippen molar-refractivity contribution in [3.63, 3.8) is 0 Å². The van der Waals surface area contributed by atoms with Crippen molar-refractivity contribution in [2.75, 3.05) is 7.05 Å². The van der Waals surface area contributed by atoms with Gasteiger partial charge < -0.3 is 10.2 Å². The van der Waals surface area contributed by atoms with Crippen LogP contribution in [0.1, 0.15) is 30.0 Å². The molecule has 2 amide bonds. The maximum absolute atomic E-state index is 13.0. The van der Waals surface area contributed by atoms with Gasteiger partial charge in [0.1, 0.15) is 6.04 Å². The van der Waals surface area contributed by atoms with Gasteiger partial charge in [-0.3, -0.25) is 9.59 Å². The Morgan fingerprint density at radius 3 is 2.28 bits per heavy atom. The van der Waals surface area contributed by atoms with Crippen molar-refractivity contribution in [2.45, 2.75) is 39.3 Å². The van der Waals surface area contributed by atoms with Crippen LogP contribution >= 0.6 is 0 Å². The number of carbonyl (C=O) groups excluding carboxylic acids is 2. The van der Waals surface area contributed by atoms with Gasteiger partial charge in [-0.05, 0) is 30.0 Å². The summed E-state index contributed by atoms with van der Waals surface area (Å²) >= 11 is 0. The number of hydrogen-bond donors (Lipinski definition) is 1. The lowest BCUT2D eigenvalue weighted by Gasteiger charge is -2.30. The van der Waals surface area contributed by atoms with Crippen LogP contribution in [-0.4, -0.2) is 29.8 Å². The molecule has 4 heteroatoms. The lowest BCUT2D eigenvalue weighted by atomic mass is 10.0. The molecule has 25 heavy (non-hydrogen) atoms. The van der Waals surface area contributed by atoms with E-state index in [2.05, 4.69) is 5.32 Å². The Balaban J connectivity index is 2.29. The molecule has 0 heterocycles. The largest absolute Gasteiger partial charge is 0.357 e. The molecule has 0 fully saturated rings. The van der Waals surface area contributed by atoms with E-state index in [4.69, 9.17) is 0 Å². The fraction of sp³-hybridized carbons (Fsp3) is 0.333. The molecule has 1 atom stereocenters.